The van der Waals surface area contributed by atoms with Gasteiger partial charge < -0.3 is 15.1 Å². The summed E-state index contributed by atoms with van der Waals surface area (Å²) < 4.78 is 1.12. The number of hydrogen-bond acceptors (Lipinski definition) is 2. The summed E-state index contributed by atoms with van der Waals surface area (Å²) in [6, 6.07) is 14.3. The number of hydrogen-bond donors (Lipinski definition) is 1. The lowest BCUT2D eigenvalue weighted by Gasteiger charge is -2.36. The van der Waals surface area contributed by atoms with Gasteiger partial charge in [0.25, 0.3) is 0 Å². The first-order valence-electron chi connectivity index (χ1n) is 8.17. The molecule has 24 heavy (non-hydrogen) atoms. The highest BCUT2D eigenvalue weighted by atomic mass is 79.9. The van der Waals surface area contributed by atoms with Crippen molar-refractivity contribution in [3.63, 3.8) is 0 Å². The van der Waals surface area contributed by atoms with Crippen molar-refractivity contribution in [2.75, 3.05) is 36.4 Å². The largest absolute Gasteiger partial charge is 0.368 e. The van der Waals surface area contributed by atoms with E-state index in [9.17, 15) is 4.79 Å². The van der Waals surface area contributed by atoms with Crippen molar-refractivity contribution in [2.24, 2.45) is 0 Å². The zero-order valence-electron chi connectivity index (χ0n) is 14.1. The van der Waals surface area contributed by atoms with Crippen LogP contribution in [-0.4, -0.2) is 37.1 Å². The first kappa shape index (κ1) is 16.8. The van der Waals surface area contributed by atoms with Gasteiger partial charge in [-0.3, -0.25) is 0 Å². The van der Waals surface area contributed by atoms with Crippen molar-refractivity contribution in [3.05, 3.63) is 58.1 Å². The van der Waals surface area contributed by atoms with Gasteiger partial charge in [-0.05, 0) is 43.2 Å². The number of piperazine rings is 1. The normalized spacial score (nSPS) is 14.6. The third-order valence-corrected chi connectivity index (χ3v) is 5.33. The fraction of sp³-hybridized carbons (Fsp3) is 0.316. The van der Waals surface area contributed by atoms with Gasteiger partial charge in [-0.25, -0.2) is 4.79 Å². The summed E-state index contributed by atoms with van der Waals surface area (Å²) in [7, 11) is 0. The fourth-order valence-corrected chi connectivity index (χ4v) is 3.22. The molecular formula is C19H22BrN3O. The number of nitrogens with zero attached hydrogens (tertiary/aromatic N) is 2. The van der Waals surface area contributed by atoms with Crippen molar-refractivity contribution in [3.8, 4) is 0 Å². The minimum atomic E-state index is -0.0194. The first-order valence-corrected chi connectivity index (χ1v) is 8.96. The zero-order chi connectivity index (χ0) is 17.1. The van der Waals surface area contributed by atoms with Crippen LogP contribution in [0.15, 0.2) is 46.9 Å². The predicted molar refractivity (Wildman–Crippen MR) is 103 cm³/mol. The molecule has 0 bridgehead atoms. The van der Waals surface area contributed by atoms with Crippen LogP contribution in [0, 0.1) is 13.8 Å². The molecule has 0 aromatic heterocycles. The monoisotopic (exact) mass is 387 g/mol. The van der Waals surface area contributed by atoms with Crippen molar-refractivity contribution in [1.82, 2.24) is 4.90 Å². The van der Waals surface area contributed by atoms with E-state index < -0.39 is 0 Å². The van der Waals surface area contributed by atoms with E-state index in [2.05, 4.69) is 51.3 Å². The Bertz CT molecular complexity index is 739. The van der Waals surface area contributed by atoms with Gasteiger partial charge >= 0.3 is 6.03 Å². The number of carbonyl (C=O) groups is 1. The summed E-state index contributed by atoms with van der Waals surface area (Å²) in [5.74, 6) is 0. The van der Waals surface area contributed by atoms with Gasteiger partial charge in [-0.2, -0.15) is 0 Å². The number of para-hydroxylation sites is 1. The molecule has 126 valence electrons. The summed E-state index contributed by atoms with van der Waals surface area (Å²) in [6.07, 6.45) is 0. The lowest BCUT2D eigenvalue weighted by Crippen LogP contribution is -2.50. The van der Waals surface area contributed by atoms with Crippen LogP contribution >= 0.6 is 15.9 Å². The SMILES string of the molecule is Cc1ccc(N2CCN(C(=O)Nc3ccccc3C)CC2)cc1Br. The fourth-order valence-electron chi connectivity index (χ4n) is 2.85. The molecule has 0 spiro atoms. The highest BCUT2D eigenvalue weighted by Gasteiger charge is 2.21. The molecule has 0 saturated carbocycles. The molecule has 2 aromatic rings. The number of urea groups is 1. The average Bonchev–Trinajstić information content (AvgIpc) is 2.59. The second-order valence-corrected chi connectivity index (χ2v) is 7.01. The molecular weight excluding hydrogens is 366 g/mol. The molecule has 3 rings (SSSR count). The van der Waals surface area contributed by atoms with Crippen LogP contribution in [0.2, 0.25) is 0 Å². The maximum absolute atomic E-state index is 12.5. The second kappa shape index (κ2) is 7.26. The molecule has 1 saturated heterocycles. The van der Waals surface area contributed by atoms with Crippen LogP contribution in [-0.2, 0) is 0 Å². The quantitative estimate of drug-likeness (QED) is 0.827. The summed E-state index contributed by atoms with van der Waals surface area (Å²) in [6.45, 7) is 7.23. The molecule has 0 atom stereocenters. The Morgan fingerprint density at radius 3 is 2.38 bits per heavy atom. The summed E-state index contributed by atoms with van der Waals surface area (Å²) >= 11 is 3.59. The molecule has 4 nitrogen and oxygen atoms in total. The maximum atomic E-state index is 12.5. The number of amides is 2. The first-order chi connectivity index (χ1) is 11.5. The van der Waals surface area contributed by atoms with Gasteiger partial charge in [-0.1, -0.05) is 40.2 Å². The second-order valence-electron chi connectivity index (χ2n) is 6.15. The molecule has 2 amide bonds. The maximum Gasteiger partial charge on any atom is 0.321 e. The van der Waals surface area contributed by atoms with Crippen molar-refractivity contribution in [2.45, 2.75) is 13.8 Å². The number of aryl methyl sites for hydroxylation is 2. The number of halogens is 1. The lowest BCUT2D eigenvalue weighted by atomic mass is 10.2. The lowest BCUT2D eigenvalue weighted by molar-refractivity contribution is 0.208. The van der Waals surface area contributed by atoms with E-state index in [0.29, 0.717) is 0 Å². The van der Waals surface area contributed by atoms with E-state index in [1.54, 1.807) is 0 Å². The van der Waals surface area contributed by atoms with Crippen LogP contribution in [0.3, 0.4) is 0 Å². The minimum Gasteiger partial charge on any atom is -0.368 e. The number of benzene rings is 2. The van der Waals surface area contributed by atoms with Crippen molar-refractivity contribution < 1.29 is 4.79 Å². The molecule has 0 unspecified atom stereocenters. The molecule has 0 aliphatic carbocycles. The van der Waals surface area contributed by atoms with Crippen molar-refractivity contribution >= 4 is 33.3 Å². The van der Waals surface area contributed by atoms with E-state index in [1.807, 2.05) is 36.1 Å². The molecule has 2 aromatic carbocycles. The van der Waals surface area contributed by atoms with E-state index in [1.165, 1.54) is 11.3 Å². The number of rotatable bonds is 2. The summed E-state index contributed by atoms with van der Waals surface area (Å²) in [5.41, 5.74) is 4.39. The summed E-state index contributed by atoms with van der Waals surface area (Å²) in [5, 5.41) is 3.01. The van der Waals surface area contributed by atoms with E-state index in [-0.39, 0.29) is 6.03 Å². The molecule has 1 aliphatic rings. The highest BCUT2D eigenvalue weighted by molar-refractivity contribution is 9.10. The predicted octanol–water partition coefficient (Wildman–Crippen LogP) is 4.42. The van der Waals surface area contributed by atoms with Crippen LogP contribution in [0.25, 0.3) is 0 Å². The number of anilines is 2. The third-order valence-electron chi connectivity index (χ3n) is 4.47. The molecule has 1 N–H and O–H groups in total. The Kier molecular flexibility index (Phi) is 5.09. The smallest absolute Gasteiger partial charge is 0.321 e. The molecule has 0 radical (unpaired) electrons. The van der Waals surface area contributed by atoms with Crippen LogP contribution in [0.4, 0.5) is 16.2 Å². The van der Waals surface area contributed by atoms with Gasteiger partial charge in [0.05, 0.1) is 0 Å². The van der Waals surface area contributed by atoms with Gasteiger partial charge in [0.2, 0.25) is 0 Å². The Labute approximate surface area is 151 Å². The standard InChI is InChI=1S/C19H22BrN3O/c1-14-7-8-16(13-17(14)20)22-9-11-23(12-10-22)19(24)21-18-6-4-3-5-15(18)2/h3-8,13H,9-12H2,1-2H3,(H,21,24). The highest BCUT2D eigenvalue weighted by Crippen LogP contribution is 2.24. The van der Waals surface area contributed by atoms with Crippen LogP contribution in [0.1, 0.15) is 11.1 Å². The van der Waals surface area contributed by atoms with E-state index >= 15 is 0 Å². The molecule has 5 heteroatoms. The minimum absolute atomic E-state index is 0.0194. The van der Waals surface area contributed by atoms with Crippen molar-refractivity contribution in [1.29, 1.82) is 0 Å². The van der Waals surface area contributed by atoms with Gasteiger partial charge in [0, 0.05) is 42.0 Å². The number of carbonyl (C=O) groups excluding carboxylic acids is 1. The molecule has 1 heterocycles. The number of nitrogens with one attached hydrogen (secondary N) is 1. The van der Waals surface area contributed by atoms with E-state index in [4.69, 9.17) is 0 Å². The van der Waals surface area contributed by atoms with Gasteiger partial charge in [-0.15, -0.1) is 0 Å². The molecule has 1 fully saturated rings. The van der Waals surface area contributed by atoms with Crippen LogP contribution < -0.4 is 10.2 Å². The van der Waals surface area contributed by atoms with E-state index in [0.717, 1.165) is 41.9 Å². The Balaban J connectivity index is 1.59. The van der Waals surface area contributed by atoms with Gasteiger partial charge in [0.15, 0.2) is 0 Å². The van der Waals surface area contributed by atoms with Gasteiger partial charge in [0.1, 0.15) is 0 Å². The third kappa shape index (κ3) is 3.73. The average molecular weight is 388 g/mol. The molecule has 1 aliphatic heterocycles. The summed E-state index contributed by atoms with van der Waals surface area (Å²) in [4.78, 5) is 16.7. The zero-order valence-corrected chi connectivity index (χ0v) is 15.6. The Morgan fingerprint density at radius 1 is 1.00 bits per heavy atom. The topological polar surface area (TPSA) is 35.6 Å². The van der Waals surface area contributed by atoms with Crippen LogP contribution in [0.5, 0.6) is 0 Å². The Morgan fingerprint density at radius 2 is 1.71 bits per heavy atom. The Hall–Kier alpha value is -2.01.